The fourth-order valence-electron chi connectivity index (χ4n) is 3.52. The van der Waals surface area contributed by atoms with Crippen molar-refractivity contribution in [3.05, 3.63) is 0 Å². The largest absolute Gasteiger partial charge is 0.469 e. The summed E-state index contributed by atoms with van der Waals surface area (Å²) in [6.07, 6.45) is 5.63. The highest BCUT2D eigenvalue weighted by molar-refractivity contribution is 5.80. The van der Waals surface area contributed by atoms with Crippen molar-refractivity contribution in [2.45, 2.75) is 44.9 Å². The maximum Gasteiger partial charge on any atom is 0.311 e. The Hall–Kier alpha value is -1.06. The van der Waals surface area contributed by atoms with Gasteiger partial charge in [-0.2, -0.15) is 0 Å². The van der Waals surface area contributed by atoms with Crippen LogP contribution in [0.2, 0.25) is 0 Å². The molecule has 17 heavy (non-hydrogen) atoms. The molecule has 96 valence electrons. The van der Waals surface area contributed by atoms with E-state index < -0.39 is 0 Å². The molecule has 0 N–H and O–H groups in total. The van der Waals surface area contributed by atoms with Crippen molar-refractivity contribution in [2.24, 2.45) is 10.8 Å². The van der Waals surface area contributed by atoms with E-state index in [1.165, 1.54) is 14.2 Å². The summed E-state index contributed by atoms with van der Waals surface area (Å²) in [5.74, 6) is -0.198. The fraction of sp³-hybridized carbons (Fsp3) is 0.846. The number of ether oxygens (including phenoxy) is 2. The summed E-state index contributed by atoms with van der Waals surface area (Å²) in [6, 6.07) is 0. The molecule has 0 aromatic rings. The van der Waals surface area contributed by atoms with Crippen LogP contribution in [0.4, 0.5) is 0 Å². The summed E-state index contributed by atoms with van der Waals surface area (Å²) in [5, 5.41) is 0. The van der Waals surface area contributed by atoms with Crippen LogP contribution < -0.4 is 0 Å². The van der Waals surface area contributed by atoms with E-state index in [-0.39, 0.29) is 22.8 Å². The molecule has 0 amide bonds. The van der Waals surface area contributed by atoms with Gasteiger partial charge in [-0.3, -0.25) is 9.59 Å². The fourth-order valence-corrected chi connectivity index (χ4v) is 3.52. The van der Waals surface area contributed by atoms with E-state index in [1.807, 2.05) is 0 Å². The zero-order chi connectivity index (χ0) is 12.5. The molecule has 3 rings (SSSR count). The smallest absolute Gasteiger partial charge is 0.311 e. The maximum absolute atomic E-state index is 11.9. The second kappa shape index (κ2) is 4.31. The van der Waals surface area contributed by atoms with Crippen molar-refractivity contribution in [1.29, 1.82) is 0 Å². The molecular weight excluding hydrogens is 220 g/mol. The summed E-state index contributed by atoms with van der Waals surface area (Å²) in [4.78, 5) is 23.8. The van der Waals surface area contributed by atoms with E-state index >= 15 is 0 Å². The predicted octanol–water partition coefficient (Wildman–Crippen LogP) is 2.06. The van der Waals surface area contributed by atoms with Crippen LogP contribution >= 0.6 is 0 Å². The third-order valence-electron chi connectivity index (χ3n) is 4.71. The normalized spacial score (nSPS) is 36.1. The van der Waals surface area contributed by atoms with E-state index in [1.54, 1.807) is 0 Å². The molecule has 3 aliphatic rings. The van der Waals surface area contributed by atoms with Crippen molar-refractivity contribution >= 4 is 11.9 Å². The Bertz CT molecular complexity index is 294. The molecule has 0 aromatic heterocycles. The number of rotatable bonds is 2. The van der Waals surface area contributed by atoms with Crippen molar-refractivity contribution in [3.63, 3.8) is 0 Å². The molecule has 0 heterocycles. The van der Waals surface area contributed by atoms with Gasteiger partial charge in [0.15, 0.2) is 0 Å². The van der Waals surface area contributed by atoms with Gasteiger partial charge in [-0.15, -0.1) is 0 Å². The first-order valence-corrected chi connectivity index (χ1v) is 6.25. The lowest BCUT2D eigenvalue weighted by Crippen LogP contribution is -2.41. The van der Waals surface area contributed by atoms with Gasteiger partial charge in [0.05, 0.1) is 25.0 Å². The Morgan fingerprint density at radius 3 is 1.41 bits per heavy atom. The summed E-state index contributed by atoms with van der Waals surface area (Å²) in [6.45, 7) is 0. The highest BCUT2D eigenvalue weighted by atomic mass is 16.5. The summed E-state index contributed by atoms with van der Waals surface area (Å²) in [5.41, 5.74) is -0.661. The molecule has 0 aromatic carbocycles. The minimum absolute atomic E-state index is 0.0992. The monoisotopic (exact) mass is 240 g/mol. The molecule has 0 unspecified atom stereocenters. The molecule has 3 saturated carbocycles. The van der Waals surface area contributed by atoms with Gasteiger partial charge in [0, 0.05) is 0 Å². The van der Waals surface area contributed by atoms with Gasteiger partial charge in [-0.05, 0) is 38.5 Å². The third-order valence-corrected chi connectivity index (χ3v) is 4.71. The van der Waals surface area contributed by atoms with Crippen LogP contribution in [0.3, 0.4) is 0 Å². The van der Waals surface area contributed by atoms with E-state index in [0.29, 0.717) is 0 Å². The standard InChI is InChI=1S/C13H20O4/c1-16-10(14)12-4-3-5-13(8-6-12,9-7-12)11(15)17-2/h3-9H2,1-2H3. The van der Waals surface area contributed by atoms with Gasteiger partial charge in [0.2, 0.25) is 0 Å². The minimum atomic E-state index is -0.331. The van der Waals surface area contributed by atoms with Gasteiger partial charge in [0.1, 0.15) is 0 Å². The van der Waals surface area contributed by atoms with Gasteiger partial charge in [-0.1, -0.05) is 6.42 Å². The molecule has 4 heteroatoms. The number of carbonyl (C=O) groups excluding carboxylic acids is 2. The molecule has 0 atom stereocenters. The van der Waals surface area contributed by atoms with Crippen molar-refractivity contribution in [2.75, 3.05) is 14.2 Å². The average molecular weight is 240 g/mol. The quantitative estimate of drug-likeness (QED) is 0.693. The first-order valence-electron chi connectivity index (χ1n) is 6.25. The third kappa shape index (κ3) is 1.83. The summed E-state index contributed by atoms with van der Waals surface area (Å²) < 4.78 is 9.86. The minimum Gasteiger partial charge on any atom is -0.469 e. The van der Waals surface area contributed by atoms with Gasteiger partial charge in [-0.25, -0.2) is 0 Å². The average Bonchev–Trinajstić information content (AvgIpc) is 2.68. The highest BCUT2D eigenvalue weighted by Crippen LogP contribution is 2.55. The highest BCUT2D eigenvalue weighted by Gasteiger charge is 2.53. The second-order valence-electron chi connectivity index (χ2n) is 5.40. The Labute approximate surface area is 102 Å². The van der Waals surface area contributed by atoms with Crippen LogP contribution in [-0.4, -0.2) is 26.2 Å². The molecule has 0 aliphatic heterocycles. The van der Waals surface area contributed by atoms with Crippen LogP contribution in [-0.2, 0) is 19.1 Å². The van der Waals surface area contributed by atoms with Crippen LogP contribution in [0.1, 0.15) is 44.9 Å². The first-order chi connectivity index (χ1) is 8.08. The Morgan fingerprint density at radius 1 is 0.765 bits per heavy atom. The molecule has 2 bridgehead atoms. The summed E-state index contributed by atoms with van der Waals surface area (Å²) >= 11 is 0. The topological polar surface area (TPSA) is 52.6 Å². The molecule has 3 fully saturated rings. The second-order valence-corrected chi connectivity index (χ2v) is 5.40. The Balaban J connectivity index is 2.20. The number of hydrogen-bond acceptors (Lipinski definition) is 4. The van der Waals surface area contributed by atoms with Crippen LogP contribution in [0, 0.1) is 10.8 Å². The number of carbonyl (C=O) groups is 2. The lowest BCUT2D eigenvalue weighted by Gasteiger charge is -2.39. The van der Waals surface area contributed by atoms with Gasteiger partial charge in [0.25, 0.3) is 0 Å². The molecule has 0 radical (unpaired) electrons. The van der Waals surface area contributed by atoms with E-state index in [0.717, 1.165) is 44.9 Å². The molecule has 0 saturated heterocycles. The molecular formula is C13H20O4. The van der Waals surface area contributed by atoms with E-state index in [4.69, 9.17) is 9.47 Å². The Morgan fingerprint density at radius 2 is 1.12 bits per heavy atom. The van der Waals surface area contributed by atoms with E-state index in [2.05, 4.69) is 0 Å². The Kier molecular flexibility index (Phi) is 3.15. The number of hydrogen-bond donors (Lipinski definition) is 0. The van der Waals surface area contributed by atoms with Crippen molar-refractivity contribution < 1.29 is 19.1 Å². The SMILES string of the molecule is COC(=O)C12CCCC(C(=O)OC)(CC1)CC2. The number of esters is 2. The zero-order valence-corrected chi connectivity index (χ0v) is 10.6. The van der Waals surface area contributed by atoms with Gasteiger partial charge >= 0.3 is 11.9 Å². The first kappa shape index (κ1) is 12.4. The lowest BCUT2D eigenvalue weighted by molar-refractivity contribution is -0.162. The molecule has 4 nitrogen and oxygen atoms in total. The van der Waals surface area contributed by atoms with E-state index in [9.17, 15) is 9.59 Å². The number of methoxy groups -OCH3 is 2. The van der Waals surface area contributed by atoms with Crippen LogP contribution in [0.25, 0.3) is 0 Å². The zero-order valence-electron chi connectivity index (χ0n) is 10.6. The molecule has 3 aliphatic carbocycles. The lowest BCUT2D eigenvalue weighted by atomic mass is 9.65. The number of fused-ring (bicyclic) bond motifs is 4. The van der Waals surface area contributed by atoms with Crippen LogP contribution in [0.5, 0.6) is 0 Å². The summed E-state index contributed by atoms with van der Waals surface area (Å²) in [7, 11) is 2.90. The maximum atomic E-state index is 11.9. The van der Waals surface area contributed by atoms with Crippen LogP contribution in [0.15, 0.2) is 0 Å². The van der Waals surface area contributed by atoms with Crippen molar-refractivity contribution in [3.8, 4) is 0 Å². The van der Waals surface area contributed by atoms with Gasteiger partial charge < -0.3 is 9.47 Å². The predicted molar refractivity (Wildman–Crippen MR) is 61.2 cm³/mol. The van der Waals surface area contributed by atoms with Crippen molar-refractivity contribution in [1.82, 2.24) is 0 Å². The molecule has 0 spiro atoms.